The number of esters is 1. The van der Waals surface area contributed by atoms with Gasteiger partial charge < -0.3 is 14.3 Å². The van der Waals surface area contributed by atoms with Crippen LogP contribution in [0.1, 0.15) is 5.56 Å². The third-order valence-electron chi connectivity index (χ3n) is 1.76. The minimum atomic E-state index is -0.504. The number of rotatable bonds is 3. The SMILES string of the molecule is COC(=[OH+])C(=[OH+])c1ccc(OC)cc1. The van der Waals surface area contributed by atoms with E-state index in [1.165, 1.54) is 7.11 Å². The van der Waals surface area contributed by atoms with Crippen LogP contribution in [0, 0.1) is 0 Å². The smallest absolute Gasteiger partial charge is 0.497 e. The van der Waals surface area contributed by atoms with E-state index in [0.717, 1.165) is 0 Å². The third-order valence-corrected chi connectivity index (χ3v) is 1.76. The van der Waals surface area contributed by atoms with Gasteiger partial charge >= 0.3 is 11.8 Å². The average Bonchev–Trinajstić information content (AvgIpc) is 2.27. The zero-order valence-electron chi connectivity index (χ0n) is 8.02. The van der Waals surface area contributed by atoms with Crippen LogP contribution in [-0.4, -0.2) is 35.6 Å². The van der Waals surface area contributed by atoms with E-state index in [2.05, 4.69) is 4.74 Å². The molecule has 0 aliphatic heterocycles. The summed E-state index contributed by atoms with van der Waals surface area (Å²) in [5.41, 5.74) is 0.463. The highest BCUT2D eigenvalue weighted by atomic mass is 16.5. The maximum Gasteiger partial charge on any atom is 0.618 e. The standard InChI is InChI=1S/C10H10O4/c1-13-8-5-3-7(4-6-8)9(11)10(12)14-2/h3-6H,1-2H3/p+2. The number of benzene rings is 1. The van der Waals surface area contributed by atoms with E-state index in [4.69, 9.17) is 9.53 Å². The van der Waals surface area contributed by atoms with Gasteiger partial charge in [0.2, 0.25) is 0 Å². The van der Waals surface area contributed by atoms with Crippen molar-refractivity contribution < 1.29 is 19.1 Å². The van der Waals surface area contributed by atoms with Gasteiger partial charge in [-0.3, -0.25) is 4.79 Å². The van der Waals surface area contributed by atoms with Crippen molar-refractivity contribution in [2.45, 2.75) is 0 Å². The Morgan fingerprint density at radius 3 is 2.07 bits per heavy atom. The number of ether oxygens (including phenoxy) is 2. The van der Waals surface area contributed by atoms with Crippen LogP contribution in [0.15, 0.2) is 24.3 Å². The summed E-state index contributed by atoms with van der Waals surface area (Å²) in [6, 6.07) is 6.58. The molecule has 0 aliphatic carbocycles. The lowest BCUT2D eigenvalue weighted by Crippen LogP contribution is -2.17. The summed E-state index contributed by atoms with van der Waals surface area (Å²) in [5.74, 6) is -0.122. The number of hydrogen-bond acceptors (Lipinski definition) is 2. The Labute approximate surface area is 81.4 Å². The Bertz CT molecular complexity index is 340. The molecule has 1 aromatic carbocycles. The first-order valence-corrected chi connectivity index (χ1v) is 3.99. The van der Waals surface area contributed by atoms with E-state index in [1.54, 1.807) is 31.4 Å². The van der Waals surface area contributed by atoms with E-state index in [9.17, 15) is 4.79 Å². The Kier molecular flexibility index (Phi) is 3.23. The van der Waals surface area contributed by atoms with Gasteiger partial charge in [0.1, 0.15) is 5.75 Å². The molecule has 0 atom stereocenters. The molecule has 4 heteroatoms. The van der Waals surface area contributed by atoms with Crippen molar-refractivity contribution in [3.05, 3.63) is 29.8 Å². The molecule has 74 valence electrons. The first kappa shape index (κ1) is 10.2. The van der Waals surface area contributed by atoms with Crippen LogP contribution in [0.3, 0.4) is 0 Å². The van der Waals surface area contributed by atoms with Gasteiger partial charge in [0, 0.05) is 0 Å². The summed E-state index contributed by atoms with van der Waals surface area (Å²) < 4.78 is 9.42. The molecule has 14 heavy (non-hydrogen) atoms. The minimum absolute atomic E-state index is 0.296. The second kappa shape index (κ2) is 4.41. The molecule has 0 amide bonds. The molecule has 2 N–H and O–H groups in total. The topological polar surface area (TPSA) is 61.3 Å². The molecule has 1 rings (SSSR count). The summed E-state index contributed by atoms with van der Waals surface area (Å²) in [6.45, 7) is 0. The van der Waals surface area contributed by atoms with Gasteiger partial charge in [0.15, 0.2) is 7.11 Å². The van der Waals surface area contributed by atoms with Crippen LogP contribution in [0.5, 0.6) is 5.75 Å². The molecule has 0 unspecified atom stereocenters. The second-order valence-corrected chi connectivity index (χ2v) is 2.59. The van der Waals surface area contributed by atoms with Crippen molar-refractivity contribution >= 4 is 11.8 Å². The maximum absolute atomic E-state index is 9.42. The van der Waals surface area contributed by atoms with Crippen LogP contribution < -0.4 is 4.74 Å². The Morgan fingerprint density at radius 2 is 1.64 bits per heavy atom. The molecule has 0 radical (unpaired) electrons. The fourth-order valence-corrected chi connectivity index (χ4v) is 0.969. The molecular formula is C10H12O4+2. The highest BCUT2D eigenvalue weighted by Gasteiger charge is 2.31. The van der Waals surface area contributed by atoms with Crippen molar-refractivity contribution in [2.24, 2.45) is 0 Å². The molecule has 1 aromatic rings. The largest absolute Gasteiger partial charge is 0.618 e. The molecular weight excluding hydrogens is 184 g/mol. The molecule has 0 saturated heterocycles. The van der Waals surface area contributed by atoms with Crippen molar-refractivity contribution in [1.29, 1.82) is 0 Å². The molecule has 4 nitrogen and oxygen atoms in total. The molecule has 0 aromatic heterocycles. The number of hydrogen-bond donors (Lipinski definition) is 0. The maximum atomic E-state index is 9.42. The minimum Gasteiger partial charge on any atom is -0.497 e. The predicted molar refractivity (Wildman–Crippen MR) is 53.0 cm³/mol. The predicted octanol–water partition coefficient (Wildman–Crippen LogP) is 0.737. The summed E-state index contributed by atoms with van der Waals surface area (Å²) in [7, 11) is 2.83. The first-order chi connectivity index (χ1) is 6.69. The molecule has 0 fully saturated rings. The van der Waals surface area contributed by atoms with E-state index in [1.807, 2.05) is 0 Å². The number of ketones is 1. The fraction of sp³-hybridized carbons (Fsp3) is 0.200. The lowest BCUT2D eigenvalue weighted by molar-refractivity contribution is 0.360. The quantitative estimate of drug-likeness (QED) is 0.310. The van der Waals surface area contributed by atoms with E-state index in [0.29, 0.717) is 11.3 Å². The van der Waals surface area contributed by atoms with Crippen LogP contribution >= 0.6 is 0 Å². The highest BCUT2D eigenvalue weighted by molar-refractivity contribution is 6.41. The van der Waals surface area contributed by atoms with Gasteiger partial charge in [0.25, 0.3) is 0 Å². The second-order valence-electron chi connectivity index (χ2n) is 2.59. The highest BCUT2D eigenvalue weighted by Crippen LogP contribution is 2.11. The number of methoxy groups -OCH3 is 2. The van der Waals surface area contributed by atoms with Crippen LogP contribution in [0.25, 0.3) is 0 Å². The average molecular weight is 196 g/mol. The summed E-state index contributed by atoms with van der Waals surface area (Å²) in [5, 5.41) is 0. The lowest BCUT2D eigenvalue weighted by Gasteiger charge is -1.97. The van der Waals surface area contributed by atoms with Crippen LogP contribution in [0.2, 0.25) is 0 Å². The van der Waals surface area contributed by atoms with Crippen molar-refractivity contribution in [3.8, 4) is 5.75 Å². The molecule has 0 bridgehead atoms. The van der Waals surface area contributed by atoms with Crippen molar-refractivity contribution in [3.63, 3.8) is 0 Å². The van der Waals surface area contributed by atoms with Gasteiger partial charge in [-0.15, -0.1) is 0 Å². The van der Waals surface area contributed by atoms with E-state index in [-0.39, 0.29) is 5.78 Å². The van der Waals surface area contributed by atoms with Crippen molar-refractivity contribution in [1.82, 2.24) is 0 Å². The fourth-order valence-electron chi connectivity index (χ4n) is 0.969. The van der Waals surface area contributed by atoms with Gasteiger partial charge in [-0.05, 0) is 24.3 Å². The van der Waals surface area contributed by atoms with E-state index >= 15 is 0 Å². The first-order valence-electron chi connectivity index (χ1n) is 3.99. The Hall–Kier alpha value is -1.84. The van der Waals surface area contributed by atoms with Gasteiger partial charge in [-0.2, -0.15) is 0 Å². The molecule has 0 saturated carbocycles. The molecule has 0 aliphatic rings. The Balaban J connectivity index is 2.87. The van der Waals surface area contributed by atoms with Gasteiger partial charge in [-0.25, -0.2) is 0 Å². The monoisotopic (exact) mass is 196 g/mol. The molecule has 0 spiro atoms. The van der Waals surface area contributed by atoms with Gasteiger partial charge in [0.05, 0.1) is 12.7 Å². The van der Waals surface area contributed by atoms with Crippen molar-refractivity contribution in [2.75, 3.05) is 14.2 Å². The number of carbonyl (C=O) groups excluding carboxylic acids is 2. The summed E-state index contributed by atoms with van der Waals surface area (Å²) >= 11 is 0. The molecule has 0 heterocycles. The van der Waals surface area contributed by atoms with Gasteiger partial charge in [-0.1, -0.05) is 0 Å². The summed E-state index contributed by atoms with van der Waals surface area (Å²) in [4.78, 5) is 18.5. The normalized spacial score (nSPS) is 9.29. The Morgan fingerprint density at radius 1 is 1.07 bits per heavy atom. The zero-order valence-corrected chi connectivity index (χ0v) is 8.02. The zero-order chi connectivity index (χ0) is 10.6. The third kappa shape index (κ3) is 2.10. The lowest BCUT2D eigenvalue weighted by atomic mass is 10.1. The van der Waals surface area contributed by atoms with Crippen LogP contribution in [-0.2, 0) is 4.74 Å². The van der Waals surface area contributed by atoms with Crippen LogP contribution in [0.4, 0.5) is 0 Å². The summed E-state index contributed by atoms with van der Waals surface area (Å²) in [6.07, 6.45) is 0. The van der Waals surface area contributed by atoms with E-state index < -0.39 is 5.97 Å².